The topological polar surface area (TPSA) is 89.6 Å². The van der Waals surface area contributed by atoms with Gasteiger partial charge in [-0.3, -0.25) is 0 Å². The van der Waals surface area contributed by atoms with Crippen LogP contribution in [-0.4, -0.2) is 22.2 Å². The summed E-state index contributed by atoms with van der Waals surface area (Å²) in [4.78, 5) is 22.1. The number of aromatic carboxylic acids is 1. The van der Waals surface area contributed by atoms with Crippen LogP contribution in [0.1, 0.15) is 26.6 Å². The number of carbonyl (C=O) groups is 2. The number of carboxylic acid groups (broad SMARTS) is 1. The van der Waals surface area contributed by atoms with Crippen LogP contribution < -0.4 is 4.74 Å². The summed E-state index contributed by atoms with van der Waals surface area (Å²) in [5.41, 5.74) is -1.30. The van der Waals surface area contributed by atoms with Gasteiger partial charge in [-0.25, -0.2) is 9.59 Å². The molecule has 0 fully saturated rings. The van der Waals surface area contributed by atoms with E-state index < -0.39 is 35.1 Å². The monoisotopic (exact) mass is 301 g/mol. The first kappa shape index (κ1) is 14.6. The van der Waals surface area contributed by atoms with Gasteiger partial charge in [0, 0.05) is 6.07 Å². The number of hydrogen-bond acceptors (Lipinski definition) is 5. The Balaban J connectivity index is 2.10. The van der Waals surface area contributed by atoms with Crippen molar-refractivity contribution in [2.45, 2.75) is 6.18 Å². The second-order valence-corrected chi connectivity index (χ2v) is 3.79. The molecule has 0 amide bonds. The second-order valence-electron chi connectivity index (χ2n) is 3.79. The van der Waals surface area contributed by atoms with Crippen molar-refractivity contribution < 1.29 is 37.1 Å². The standard InChI is InChI=1S/C12H6F3NO5/c13-12(14,15)6-1-3-7(4-2-6)20-11(19)8-5-9(10(17)18)21-16-8/h1-5H,(H,17,18). The van der Waals surface area contributed by atoms with Crippen LogP contribution in [0.15, 0.2) is 34.9 Å². The van der Waals surface area contributed by atoms with Crippen LogP contribution in [0.3, 0.4) is 0 Å². The zero-order valence-electron chi connectivity index (χ0n) is 10.0. The zero-order valence-corrected chi connectivity index (χ0v) is 10.0. The average Bonchev–Trinajstić information content (AvgIpc) is 2.88. The summed E-state index contributed by atoms with van der Waals surface area (Å²) in [7, 11) is 0. The molecule has 0 aliphatic rings. The molecular formula is C12H6F3NO5. The van der Waals surface area contributed by atoms with Gasteiger partial charge in [0.05, 0.1) is 5.56 Å². The minimum atomic E-state index is -4.49. The van der Waals surface area contributed by atoms with Gasteiger partial charge in [0.25, 0.3) is 0 Å². The summed E-state index contributed by atoms with van der Waals surface area (Å²) in [5.74, 6) is -3.18. The van der Waals surface area contributed by atoms with Crippen molar-refractivity contribution >= 4 is 11.9 Å². The number of rotatable bonds is 3. The Labute approximate surface area is 114 Å². The summed E-state index contributed by atoms with van der Waals surface area (Å²) < 4.78 is 46.1. The van der Waals surface area contributed by atoms with E-state index in [4.69, 9.17) is 9.84 Å². The Kier molecular flexibility index (Phi) is 3.66. The number of carbonyl (C=O) groups excluding carboxylic acids is 1. The first-order valence-corrected chi connectivity index (χ1v) is 5.37. The highest BCUT2D eigenvalue weighted by Gasteiger charge is 2.30. The number of carboxylic acids is 1. The third-order valence-corrected chi connectivity index (χ3v) is 2.32. The molecular weight excluding hydrogens is 295 g/mol. The molecule has 0 aliphatic heterocycles. The molecule has 1 N–H and O–H groups in total. The molecule has 0 saturated carbocycles. The summed E-state index contributed by atoms with van der Waals surface area (Å²) >= 11 is 0. The molecule has 21 heavy (non-hydrogen) atoms. The lowest BCUT2D eigenvalue weighted by Gasteiger charge is -2.07. The summed E-state index contributed by atoms with van der Waals surface area (Å²) in [6.45, 7) is 0. The van der Waals surface area contributed by atoms with Gasteiger partial charge in [0.15, 0.2) is 5.69 Å². The lowest BCUT2D eigenvalue weighted by atomic mass is 10.2. The van der Waals surface area contributed by atoms with Gasteiger partial charge in [-0.2, -0.15) is 13.2 Å². The predicted octanol–water partition coefficient (Wildman–Crippen LogP) is 2.61. The maximum atomic E-state index is 12.3. The van der Waals surface area contributed by atoms with Crippen molar-refractivity contribution in [1.82, 2.24) is 5.16 Å². The number of alkyl halides is 3. The average molecular weight is 301 g/mol. The van der Waals surface area contributed by atoms with Crippen LogP contribution in [0.2, 0.25) is 0 Å². The molecule has 9 heteroatoms. The molecule has 110 valence electrons. The smallest absolute Gasteiger partial charge is 0.416 e. The Hall–Kier alpha value is -2.84. The van der Waals surface area contributed by atoms with Gasteiger partial charge in [0.2, 0.25) is 5.76 Å². The zero-order chi connectivity index (χ0) is 15.6. The highest BCUT2D eigenvalue weighted by molar-refractivity contribution is 5.92. The third kappa shape index (κ3) is 3.38. The largest absolute Gasteiger partial charge is 0.475 e. The van der Waals surface area contributed by atoms with Crippen molar-refractivity contribution in [3.8, 4) is 5.75 Å². The Morgan fingerprint density at radius 1 is 1.19 bits per heavy atom. The predicted molar refractivity (Wildman–Crippen MR) is 59.9 cm³/mol. The maximum Gasteiger partial charge on any atom is 0.416 e. The van der Waals surface area contributed by atoms with Gasteiger partial charge < -0.3 is 14.4 Å². The van der Waals surface area contributed by atoms with Crippen molar-refractivity contribution in [2.75, 3.05) is 0 Å². The van der Waals surface area contributed by atoms with Crippen LogP contribution in [0.4, 0.5) is 13.2 Å². The minimum absolute atomic E-state index is 0.145. The highest BCUT2D eigenvalue weighted by Crippen LogP contribution is 2.30. The lowest BCUT2D eigenvalue weighted by molar-refractivity contribution is -0.137. The number of hydrogen-bond donors (Lipinski definition) is 1. The van der Waals surface area contributed by atoms with Gasteiger partial charge in [-0.05, 0) is 24.3 Å². The van der Waals surface area contributed by atoms with Gasteiger partial charge in [0.1, 0.15) is 5.75 Å². The molecule has 0 aliphatic carbocycles. The Morgan fingerprint density at radius 2 is 1.81 bits per heavy atom. The third-order valence-electron chi connectivity index (χ3n) is 2.32. The van der Waals surface area contributed by atoms with E-state index in [2.05, 4.69) is 9.68 Å². The summed E-state index contributed by atoms with van der Waals surface area (Å²) in [5, 5.41) is 11.8. The van der Waals surface area contributed by atoms with E-state index in [1.807, 2.05) is 0 Å². The fraction of sp³-hybridized carbons (Fsp3) is 0.0833. The molecule has 2 rings (SSSR count). The second kappa shape index (κ2) is 5.27. The van der Waals surface area contributed by atoms with Crippen LogP contribution in [0.25, 0.3) is 0 Å². The lowest BCUT2D eigenvalue weighted by Crippen LogP contribution is -2.09. The summed E-state index contributed by atoms with van der Waals surface area (Å²) in [6, 6.07) is 4.24. The van der Waals surface area contributed by atoms with E-state index >= 15 is 0 Å². The van der Waals surface area contributed by atoms with E-state index in [0.717, 1.165) is 30.3 Å². The molecule has 1 aromatic carbocycles. The minimum Gasteiger partial charge on any atom is -0.475 e. The molecule has 0 unspecified atom stereocenters. The molecule has 0 saturated heterocycles. The van der Waals surface area contributed by atoms with E-state index in [1.54, 1.807) is 0 Å². The molecule has 0 radical (unpaired) electrons. The molecule has 6 nitrogen and oxygen atoms in total. The van der Waals surface area contributed by atoms with Crippen molar-refractivity contribution in [2.24, 2.45) is 0 Å². The fourth-order valence-corrected chi connectivity index (χ4v) is 1.34. The van der Waals surface area contributed by atoms with Gasteiger partial charge >= 0.3 is 18.1 Å². The number of halogens is 3. The molecule has 2 aromatic rings. The SMILES string of the molecule is O=C(Oc1ccc(C(F)(F)F)cc1)c1cc(C(=O)O)on1. The quantitative estimate of drug-likeness (QED) is 0.692. The first-order valence-electron chi connectivity index (χ1n) is 5.37. The fourth-order valence-electron chi connectivity index (χ4n) is 1.34. The van der Waals surface area contributed by atoms with Crippen LogP contribution in [0, 0.1) is 0 Å². The summed E-state index contributed by atoms with van der Waals surface area (Å²) in [6.07, 6.45) is -4.49. The normalized spacial score (nSPS) is 11.2. The highest BCUT2D eigenvalue weighted by atomic mass is 19.4. The van der Waals surface area contributed by atoms with E-state index in [1.165, 1.54) is 0 Å². The maximum absolute atomic E-state index is 12.3. The number of nitrogens with zero attached hydrogens (tertiary/aromatic N) is 1. The van der Waals surface area contributed by atoms with Crippen LogP contribution in [-0.2, 0) is 6.18 Å². The molecule has 0 atom stereocenters. The van der Waals surface area contributed by atoms with E-state index in [0.29, 0.717) is 0 Å². The number of aromatic nitrogens is 1. The molecule has 0 bridgehead atoms. The van der Waals surface area contributed by atoms with Crippen molar-refractivity contribution in [3.05, 3.63) is 47.3 Å². The number of benzene rings is 1. The van der Waals surface area contributed by atoms with Gasteiger partial charge in [-0.15, -0.1) is 0 Å². The Bertz CT molecular complexity index is 675. The molecule has 0 spiro atoms. The molecule has 1 aromatic heterocycles. The first-order chi connectivity index (χ1) is 9.77. The van der Waals surface area contributed by atoms with Gasteiger partial charge in [-0.1, -0.05) is 5.16 Å². The van der Waals surface area contributed by atoms with E-state index in [9.17, 15) is 22.8 Å². The van der Waals surface area contributed by atoms with Crippen LogP contribution in [0.5, 0.6) is 5.75 Å². The Morgan fingerprint density at radius 3 is 2.29 bits per heavy atom. The van der Waals surface area contributed by atoms with Crippen molar-refractivity contribution in [3.63, 3.8) is 0 Å². The van der Waals surface area contributed by atoms with Crippen molar-refractivity contribution in [1.29, 1.82) is 0 Å². The molecule has 1 heterocycles. The van der Waals surface area contributed by atoms with E-state index in [-0.39, 0.29) is 5.75 Å². The number of esters is 1. The van der Waals surface area contributed by atoms with Crippen LogP contribution >= 0.6 is 0 Å². The number of ether oxygens (including phenoxy) is 1.